The summed E-state index contributed by atoms with van der Waals surface area (Å²) >= 11 is 0. The van der Waals surface area contributed by atoms with E-state index in [0.29, 0.717) is 11.8 Å². The Hall–Kier alpha value is -3.36. The van der Waals surface area contributed by atoms with Crippen molar-refractivity contribution in [1.29, 1.82) is 0 Å². The molecular formula is C18H16F2N2O5. The first kappa shape index (κ1) is 18.4. The predicted octanol–water partition coefficient (Wildman–Crippen LogP) is 2.81. The van der Waals surface area contributed by atoms with E-state index in [9.17, 15) is 18.4 Å². The molecule has 2 heterocycles. The molecule has 0 radical (unpaired) electrons. The minimum Gasteiger partial charge on any atom is -0.484 e. The van der Waals surface area contributed by atoms with Crippen LogP contribution >= 0.6 is 0 Å². The minimum absolute atomic E-state index is 0.0638. The molecule has 7 nitrogen and oxygen atoms in total. The number of carbonyl (C=O) groups excluding carboxylic acids is 2. The molecule has 0 bridgehead atoms. The van der Waals surface area contributed by atoms with Crippen molar-refractivity contribution in [3.8, 4) is 5.75 Å². The van der Waals surface area contributed by atoms with Gasteiger partial charge in [0.2, 0.25) is 0 Å². The zero-order chi connectivity index (χ0) is 19.4. The van der Waals surface area contributed by atoms with Gasteiger partial charge in [0.25, 0.3) is 0 Å². The number of hydrogen-bond acceptors (Lipinski definition) is 5. The third kappa shape index (κ3) is 4.08. The normalized spacial score (nSPS) is 16.6. The highest BCUT2D eigenvalue weighted by molar-refractivity contribution is 5.95. The number of carbonyl (C=O) groups is 2. The van der Waals surface area contributed by atoms with E-state index in [1.54, 1.807) is 19.1 Å². The number of furan rings is 1. The van der Waals surface area contributed by atoms with Crippen LogP contribution in [0.3, 0.4) is 0 Å². The van der Waals surface area contributed by atoms with Crippen LogP contribution in [-0.2, 0) is 9.53 Å². The van der Waals surface area contributed by atoms with Crippen molar-refractivity contribution in [2.75, 3.05) is 13.2 Å². The van der Waals surface area contributed by atoms with E-state index in [1.165, 1.54) is 6.26 Å². The molecule has 0 spiro atoms. The van der Waals surface area contributed by atoms with Gasteiger partial charge in [-0.05, 0) is 31.2 Å². The second-order valence-electron chi connectivity index (χ2n) is 5.52. The van der Waals surface area contributed by atoms with Crippen LogP contribution in [0.15, 0.2) is 52.3 Å². The van der Waals surface area contributed by atoms with Crippen LogP contribution in [0.2, 0.25) is 0 Å². The molecule has 27 heavy (non-hydrogen) atoms. The monoisotopic (exact) mass is 378 g/mol. The van der Waals surface area contributed by atoms with Crippen molar-refractivity contribution in [2.24, 2.45) is 0 Å². The molecule has 2 aromatic rings. The van der Waals surface area contributed by atoms with Crippen LogP contribution in [0.5, 0.6) is 5.75 Å². The lowest BCUT2D eigenvalue weighted by atomic mass is 10.0. The first-order valence-electron chi connectivity index (χ1n) is 8.08. The van der Waals surface area contributed by atoms with E-state index < -0.39 is 29.7 Å². The van der Waals surface area contributed by atoms with Crippen molar-refractivity contribution >= 4 is 12.0 Å². The van der Waals surface area contributed by atoms with Gasteiger partial charge in [0.05, 0.1) is 24.1 Å². The van der Waals surface area contributed by atoms with E-state index in [1.807, 2.05) is 0 Å². The molecule has 2 amide bonds. The number of hydrogen-bond donors (Lipinski definition) is 2. The number of ether oxygens (including phenoxy) is 2. The summed E-state index contributed by atoms with van der Waals surface area (Å²) in [6, 6.07) is 4.52. The van der Waals surface area contributed by atoms with E-state index in [0.717, 1.165) is 12.1 Å². The van der Waals surface area contributed by atoms with Gasteiger partial charge in [-0.25, -0.2) is 18.4 Å². The van der Waals surface area contributed by atoms with E-state index in [2.05, 4.69) is 10.6 Å². The van der Waals surface area contributed by atoms with Gasteiger partial charge in [0, 0.05) is 6.07 Å². The topological polar surface area (TPSA) is 89.8 Å². The van der Waals surface area contributed by atoms with Gasteiger partial charge in [-0.1, -0.05) is 0 Å². The maximum absolute atomic E-state index is 13.8. The van der Waals surface area contributed by atoms with Crippen LogP contribution in [0.1, 0.15) is 18.7 Å². The fraction of sp³-hybridized carbons (Fsp3) is 0.222. The molecule has 1 aliphatic heterocycles. The lowest BCUT2D eigenvalue weighted by Crippen LogP contribution is -2.47. The molecule has 0 saturated heterocycles. The quantitative estimate of drug-likeness (QED) is 0.755. The van der Waals surface area contributed by atoms with Crippen LogP contribution in [0.4, 0.5) is 13.6 Å². The summed E-state index contributed by atoms with van der Waals surface area (Å²) in [6.45, 7) is 1.41. The number of esters is 1. The van der Waals surface area contributed by atoms with Gasteiger partial charge in [0.15, 0.2) is 11.6 Å². The summed E-state index contributed by atoms with van der Waals surface area (Å²) in [7, 11) is 0. The maximum Gasteiger partial charge on any atom is 0.338 e. The summed E-state index contributed by atoms with van der Waals surface area (Å²) in [6.07, 6.45) is 1.40. The minimum atomic E-state index is -0.906. The number of rotatable bonds is 6. The SMILES string of the molecule is CCOC(=O)C1=C(COc2ccc(F)cc2F)NC(=O)NC1c1ccco1. The summed E-state index contributed by atoms with van der Waals surface area (Å²) in [5.74, 6) is -2.26. The maximum atomic E-state index is 13.8. The Balaban J connectivity index is 1.94. The Morgan fingerprint density at radius 1 is 1.30 bits per heavy atom. The van der Waals surface area contributed by atoms with Crippen molar-refractivity contribution in [3.63, 3.8) is 0 Å². The van der Waals surface area contributed by atoms with Crippen molar-refractivity contribution < 1.29 is 32.3 Å². The number of amides is 2. The third-order valence-corrected chi connectivity index (χ3v) is 3.74. The average molecular weight is 378 g/mol. The smallest absolute Gasteiger partial charge is 0.338 e. The second kappa shape index (κ2) is 7.90. The Morgan fingerprint density at radius 2 is 2.11 bits per heavy atom. The molecule has 1 aliphatic rings. The lowest BCUT2D eigenvalue weighted by Gasteiger charge is -2.27. The van der Waals surface area contributed by atoms with Crippen molar-refractivity contribution in [3.05, 3.63) is 65.3 Å². The van der Waals surface area contributed by atoms with Crippen molar-refractivity contribution in [1.82, 2.24) is 10.6 Å². The lowest BCUT2D eigenvalue weighted by molar-refractivity contribution is -0.139. The second-order valence-corrected chi connectivity index (χ2v) is 5.52. The van der Waals surface area contributed by atoms with Gasteiger partial charge >= 0.3 is 12.0 Å². The van der Waals surface area contributed by atoms with Gasteiger partial charge in [-0.2, -0.15) is 0 Å². The fourth-order valence-electron chi connectivity index (χ4n) is 2.59. The Kier molecular flexibility index (Phi) is 5.39. The highest BCUT2D eigenvalue weighted by Gasteiger charge is 2.35. The van der Waals surface area contributed by atoms with Crippen LogP contribution in [-0.4, -0.2) is 25.2 Å². The number of urea groups is 1. The molecule has 142 valence electrons. The number of benzene rings is 1. The highest BCUT2D eigenvalue weighted by atomic mass is 19.1. The number of nitrogens with one attached hydrogen (secondary N) is 2. The van der Waals surface area contributed by atoms with Crippen LogP contribution < -0.4 is 15.4 Å². The molecule has 0 aliphatic carbocycles. The largest absolute Gasteiger partial charge is 0.484 e. The highest BCUT2D eigenvalue weighted by Crippen LogP contribution is 2.28. The average Bonchev–Trinajstić information content (AvgIpc) is 3.15. The molecule has 1 atom stereocenters. The van der Waals surface area contributed by atoms with Crippen molar-refractivity contribution in [2.45, 2.75) is 13.0 Å². The van der Waals surface area contributed by atoms with Crippen LogP contribution in [0, 0.1) is 11.6 Å². The standard InChI is InChI=1S/C18H16F2N2O5/c1-2-25-17(23)15-12(9-27-13-6-5-10(19)8-11(13)20)21-18(24)22-16(15)14-4-3-7-26-14/h3-8,16H,2,9H2,1H3,(H2,21,22,24). The molecule has 3 rings (SSSR count). The molecule has 0 fully saturated rings. The first-order chi connectivity index (χ1) is 13.0. The molecule has 2 N–H and O–H groups in total. The molecule has 9 heteroatoms. The zero-order valence-electron chi connectivity index (χ0n) is 14.3. The summed E-state index contributed by atoms with van der Waals surface area (Å²) in [4.78, 5) is 24.5. The number of halogens is 2. The predicted molar refractivity (Wildman–Crippen MR) is 88.6 cm³/mol. The summed E-state index contributed by atoms with van der Waals surface area (Å²) < 4.78 is 42.5. The Morgan fingerprint density at radius 3 is 2.78 bits per heavy atom. The molecule has 1 unspecified atom stereocenters. The molecule has 1 aromatic carbocycles. The van der Waals surface area contributed by atoms with Gasteiger partial charge in [-0.3, -0.25) is 0 Å². The van der Waals surface area contributed by atoms with E-state index in [-0.39, 0.29) is 30.2 Å². The van der Waals surface area contributed by atoms with E-state index >= 15 is 0 Å². The molecule has 0 saturated carbocycles. The molecular weight excluding hydrogens is 362 g/mol. The third-order valence-electron chi connectivity index (χ3n) is 3.74. The summed E-state index contributed by atoms with van der Waals surface area (Å²) in [5, 5.41) is 5.04. The fourth-order valence-corrected chi connectivity index (χ4v) is 2.59. The van der Waals surface area contributed by atoms with Crippen LogP contribution in [0.25, 0.3) is 0 Å². The summed E-state index contributed by atoms with van der Waals surface area (Å²) in [5.41, 5.74) is 0.149. The van der Waals surface area contributed by atoms with Gasteiger partial charge < -0.3 is 24.5 Å². The Bertz CT molecular complexity index is 880. The van der Waals surface area contributed by atoms with Gasteiger partial charge in [0.1, 0.15) is 24.2 Å². The van der Waals surface area contributed by atoms with E-state index in [4.69, 9.17) is 13.9 Å². The zero-order valence-corrected chi connectivity index (χ0v) is 14.3. The Labute approximate surface area is 152 Å². The molecule has 1 aromatic heterocycles. The van der Waals surface area contributed by atoms with Gasteiger partial charge in [-0.15, -0.1) is 0 Å². The first-order valence-corrected chi connectivity index (χ1v) is 8.08.